The van der Waals surface area contributed by atoms with Gasteiger partial charge in [-0.2, -0.15) is 0 Å². The van der Waals surface area contributed by atoms with Crippen LogP contribution in [0.15, 0.2) is 255 Å². The second-order valence-electron chi connectivity index (χ2n) is 17.3. The predicted octanol–water partition coefficient (Wildman–Crippen LogP) is 9.83. The zero-order valence-electron chi connectivity index (χ0n) is 35.6. The Morgan fingerprint density at radius 1 is 0.354 bits per heavy atom. The van der Waals surface area contributed by atoms with E-state index < -0.39 is 22.3 Å². The number of ether oxygens (including phenoxy) is 1. The normalized spacial score (nSPS) is 14.5. The Kier molecular flexibility index (Phi) is 8.67. The van der Waals surface area contributed by atoms with Crippen molar-refractivity contribution in [2.45, 2.75) is 5.41 Å². The molecule has 10 aromatic carbocycles. The van der Waals surface area contributed by atoms with Gasteiger partial charge in [0.1, 0.15) is 11.5 Å². The van der Waals surface area contributed by atoms with Crippen molar-refractivity contribution >= 4 is 70.2 Å². The van der Waals surface area contributed by atoms with Gasteiger partial charge in [-0.25, -0.2) is 0 Å². The first kappa shape index (κ1) is 37.8. The van der Waals surface area contributed by atoms with Gasteiger partial charge in [0.2, 0.25) is 0 Å². The Hall–Kier alpha value is -7.77. The first-order valence-electron chi connectivity index (χ1n) is 22.5. The molecule has 13 rings (SSSR count). The van der Waals surface area contributed by atoms with Crippen LogP contribution in [0.2, 0.25) is 0 Å². The van der Waals surface area contributed by atoms with Crippen molar-refractivity contribution in [3.8, 4) is 22.6 Å². The van der Waals surface area contributed by atoms with Crippen molar-refractivity contribution in [3.63, 3.8) is 0 Å². The van der Waals surface area contributed by atoms with E-state index in [-0.39, 0.29) is 0 Å². The van der Waals surface area contributed by atoms with Crippen LogP contribution in [0.4, 0.5) is 17.1 Å². The summed E-state index contributed by atoms with van der Waals surface area (Å²) < 4.78 is 6.80. The van der Waals surface area contributed by atoms with E-state index in [0.717, 1.165) is 28.6 Å². The molecular weight excluding hydrogens is 819 g/mol. The maximum Gasteiger partial charge on any atom is 0.188 e. The molecule has 0 saturated carbocycles. The minimum absolute atomic E-state index is 0.516. The molecule has 0 amide bonds. The third-order valence-corrected chi connectivity index (χ3v) is 22.4. The SMILES string of the molecule is c1ccc(N(c2ccc3c(c2)[Si](c2ccccc2)c2ccccc2[Si]32c3ccccc3Oc3ccccc32)c2ccc3c(c2)C(c2ccccc2)(c2ccccc2)c2ccccc2-3)cc1. The first-order chi connectivity index (χ1) is 32.3. The average Bonchev–Trinajstić information content (AvgIpc) is 3.68. The van der Waals surface area contributed by atoms with Crippen molar-refractivity contribution in [2.75, 3.05) is 4.90 Å². The molecule has 1 aliphatic carbocycles. The standard InChI is InChI=1S/C61H42NOSi2/c1-5-21-43(22-6-1)61(44-23-7-2-8-24-44)51-30-14-13-29-49(51)50-39-37-46(41-52(50)61)62(45-25-9-3-10-26-45)47-38-40-60-56(42-47)64(48-27-11-4-12-28-48)55-33-17-20-36-59(55)65(60)57-34-18-15-31-53(57)63-54-32-16-19-35-58(54)65/h1-42H. The summed E-state index contributed by atoms with van der Waals surface area (Å²) in [6, 6.07) is 95.2. The van der Waals surface area contributed by atoms with E-state index in [1.165, 1.54) is 69.7 Å². The van der Waals surface area contributed by atoms with Gasteiger partial charge < -0.3 is 9.64 Å². The first-order valence-corrected chi connectivity index (χ1v) is 26.0. The number of benzene rings is 10. The van der Waals surface area contributed by atoms with Crippen LogP contribution < -0.4 is 45.9 Å². The van der Waals surface area contributed by atoms with E-state index in [1.807, 2.05) is 0 Å². The van der Waals surface area contributed by atoms with Gasteiger partial charge in [0.25, 0.3) is 0 Å². The van der Waals surface area contributed by atoms with Crippen LogP contribution in [-0.4, -0.2) is 16.9 Å². The highest BCUT2D eigenvalue weighted by molar-refractivity contribution is 7.27. The van der Waals surface area contributed by atoms with Crippen LogP contribution in [0.3, 0.4) is 0 Å². The van der Waals surface area contributed by atoms with E-state index in [4.69, 9.17) is 4.74 Å². The van der Waals surface area contributed by atoms with E-state index in [1.54, 1.807) is 0 Å². The molecule has 0 bridgehead atoms. The molecule has 2 heterocycles. The van der Waals surface area contributed by atoms with Crippen LogP contribution in [0.25, 0.3) is 11.1 Å². The molecule has 2 aliphatic heterocycles. The lowest BCUT2D eigenvalue weighted by molar-refractivity contribution is 0.487. The number of fused-ring (bicyclic) bond motifs is 11. The van der Waals surface area contributed by atoms with Gasteiger partial charge in [-0.15, -0.1) is 0 Å². The average molecular weight is 861 g/mol. The van der Waals surface area contributed by atoms with Gasteiger partial charge in [-0.05, 0) is 108 Å². The lowest BCUT2D eigenvalue weighted by Crippen LogP contribution is -2.87. The molecule has 4 heteroatoms. The fourth-order valence-electron chi connectivity index (χ4n) is 11.6. The van der Waals surface area contributed by atoms with Gasteiger partial charge in [0.15, 0.2) is 16.9 Å². The zero-order valence-corrected chi connectivity index (χ0v) is 37.6. The number of para-hydroxylation sites is 3. The summed E-state index contributed by atoms with van der Waals surface area (Å²) in [7, 11) is -4.41. The van der Waals surface area contributed by atoms with Crippen LogP contribution in [0.1, 0.15) is 22.3 Å². The molecular formula is C61H42NOSi2. The summed E-state index contributed by atoms with van der Waals surface area (Å²) >= 11 is 0. The minimum Gasteiger partial charge on any atom is -0.458 e. The van der Waals surface area contributed by atoms with Crippen molar-refractivity contribution < 1.29 is 4.74 Å². The van der Waals surface area contributed by atoms with E-state index >= 15 is 0 Å². The maximum atomic E-state index is 6.80. The highest BCUT2D eigenvalue weighted by Gasteiger charge is 2.54. The van der Waals surface area contributed by atoms with Crippen LogP contribution in [0.5, 0.6) is 11.5 Å². The monoisotopic (exact) mass is 860 g/mol. The third kappa shape index (κ3) is 5.45. The Bertz CT molecular complexity index is 3340. The molecule has 1 radical (unpaired) electrons. The lowest BCUT2D eigenvalue weighted by Gasteiger charge is -2.46. The van der Waals surface area contributed by atoms with Crippen LogP contribution in [0, 0.1) is 0 Å². The van der Waals surface area contributed by atoms with Crippen molar-refractivity contribution in [2.24, 2.45) is 0 Å². The molecule has 1 spiro atoms. The Morgan fingerprint density at radius 3 is 1.52 bits per heavy atom. The third-order valence-electron chi connectivity index (χ3n) is 14.1. The molecule has 0 saturated heterocycles. The van der Waals surface area contributed by atoms with Crippen molar-refractivity contribution in [1.82, 2.24) is 0 Å². The molecule has 0 atom stereocenters. The zero-order chi connectivity index (χ0) is 43.0. The molecule has 10 aromatic rings. The lowest BCUT2D eigenvalue weighted by atomic mass is 9.67. The maximum absolute atomic E-state index is 6.80. The summed E-state index contributed by atoms with van der Waals surface area (Å²) in [5, 5.41) is 9.83. The van der Waals surface area contributed by atoms with E-state index in [0.29, 0.717) is 0 Å². The fourth-order valence-corrected chi connectivity index (χ4v) is 21.3. The Morgan fingerprint density at radius 2 is 0.846 bits per heavy atom. The summed E-state index contributed by atoms with van der Waals surface area (Å²) in [4.78, 5) is 2.50. The van der Waals surface area contributed by atoms with E-state index in [2.05, 4.69) is 260 Å². The number of nitrogens with zero attached hydrogens (tertiary/aromatic N) is 1. The molecule has 0 fully saturated rings. The Labute approximate surface area is 383 Å². The largest absolute Gasteiger partial charge is 0.458 e. The van der Waals surface area contributed by atoms with Crippen molar-refractivity contribution in [3.05, 3.63) is 277 Å². The van der Waals surface area contributed by atoms with Crippen LogP contribution in [-0.2, 0) is 5.41 Å². The molecule has 305 valence electrons. The highest BCUT2D eigenvalue weighted by atomic mass is 28.3. The van der Waals surface area contributed by atoms with Gasteiger partial charge in [0, 0.05) is 17.1 Å². The van der Waals surface area contributed by atoms with Gasteiger partial charge in [-0.3, -0.25) is 0 Å². The summed E-state index contributed by atoms with van der Waals surface area (Å²) in [6.45, 7) is 0. The molecule has 3 aliphatic rings. The Balaban J connectivity index is 1.10. The predicted molar refractivity (Wildman–Crippen MR) is 273 cm³/mol. The second-order valence-corrected chi connectivity index (χ2v) is 23.3. The molecule has 0 unspecified atom stereocenters. The number of hydrogen-bond donors (Lipinski definition) is 0. The number of rotatable bonds is 6. The number of hydrogen-bond acceptors (Lipinski definition) is 2. The summed E-state index contributed by atoms with van der Waals surface area (Å²) in [5.74, 6) is 1.92. The van der Waals surface area contributed by atoms with Crippen molar-refractivity contribution in [1.29, 1.82) is 0 Å². The van der Waals surface area contributed by atoms with Gasteiger partial charge in [0.05, 0.1) is 5.41 Å². The fraction of sp³-hybridized carbons (Fsp3) is 0.0164. The van der Waals surface area contributed by atoms with Crippen LogP contribution >= 0.6 is 0 Å². The highest BCUT2D eigenvalue weighted by Crippen LogP contribution is 2.57. The molecule has 65 heavy (non-hydrogen) atoms. The summed E-state index contributed by atoms with van der Waals surface area (Å²) in [6.07, 6.45) is 0. The van der Waals surface area contributed by atoms with Gasteiger partial charge in [-0.1, -0.05) is 217 Å². The molecule has 0 N–H and O–H groups in total. The smallest absolute Gasteiger partial charge is 0.188 e. The minimum atomic E-state index is -2.91. The quantitative estimate of drug-likeness (QED) is 0.155. The molecule has 2 nitrogen and oxygen atoms in total. The summed E-state index contributed by atoms with van der Waals surface area (Å²) in [5.41, 5.74) is 10.5. The molecule has 0 aromatic heterocycles. The van der Waals surface area contributed by atoms with Gasteiger partial charge >= 0.3 is 0 Å². The number of anilines is 3. The second kappa shape index (κ2) is 14.9. The van der Waals surface area contributed by atoms with E-state index in [9.17, 15) is 0 Å². The topological polar surface area (TPSA) is 12.5 Å².